The number of likely N-dealkylation sites (tertiary alicyclic amines) is 1. The quantitative estimate of drug-likeness (QED) is 0.589. The highest BCUT2D eigenvalue weighted by Crippen LogP contribution is 2.40. The minimum atomic E-state index is 0.291. The molecule has 0 aromatic heterocycles. The molecule has 2 nitrogen and oxygen atoms in total. The Balaban J connectivity index is 2.24. The first-order valence-electron chi connectivity index (χ1n) is 4.77. The Bertz CT molecular complexity index is 216. The van der Waals surface area contributed by atoms with Crippen LogP contribution in [0, 0.1) is 5.92 Å². The number of aliphatic hydroxyl groups is 1. The number of allylic oxidation sites excluding steroid dienone is 1. The minimum absolute atomic E-state index is 0.291. The molecule has 2 rings (SSSR count). The molecule has 1 aliphatic heterocycles. The zero-order chi connectivity index (χ0) is 8.72. The third-order valence-corrected chi connectivity index (χ3v) is 3.07. The molecule has 0 bridgehead atoms. The zero-order valence-electron chi connectivity index (χ0n) is 7.88. The number of hydrogen-bond donors (Lipinski definition) is 1. The number of aliphatic hydroxyl groups excluding tert-OH is 1. The van der Waals surface area contributed by atoms with Crippen molar-refractivity contribution in [2.24, 2.45) is 5.92 Å². The van der Waals surface area contributed by atoms with Crippen molar-refractivity contribution in [3.8, 4) is 0 Å². The normalized spacial score (nSPS) is 36.2. The maximum atomic E-state index is 9.23. The number of nitrogens with zero attached hydrogens (tertiary/aromatic N) is 1. The van der Waals surface area contributed by atoms with E-state index in [2.05, 4.69) is 18.9 Å². The fraction of sp³-hybridized carbons (Fsp3) is 0.800. The second-order valence-corrected chi connectivity index (χ2v) is 4.10. The number of likely N-dealkylation sites (N-methyl/N-ethyl adjacent to an activating group) is 1. The lowest BCUT2D eigenvalue weighted by atomic mass is 9.99. The van der Waals surface area contributed by atoms with E-state index in [1.54, 1.807) is 11.1 Å². The van der Waals surface area contributed by atoms with Crippen molar-refractivity contribution >= 4 is 0 Å². The lowest BCUT2D eigenvalue weighted by molar-refractivity contribution is 0.196. The van der Waals surface area contributed by atoms with Crippen LogP contribution in [0.4, 0.5) is 0 Å². The van der Waals surface area contributed by atoms with Crippen molar-refractivity contribution in [2.45, 2.75) is 25.8 Å². The van der Waals surface area contributed by atoms with Crippen molar-refractivity contribution in [2.75, 3.05) is 20.2 Å². The average Bonchev–Trinajstić information content (AvgIpc) is 2.78. The van der Waals surface area contributed by atoms with E-state index >= 15 is 0 Å². The first-order valence-corrected chi connectivity index (χ1v) is 4.77. The Morgan fingerprint density at radius 3 is 2.67 bits per heavy atom. The molecule has 68 valence electrons. The molecule has 1 saturated carbocycles. The van der Waals surface area contributed by atoms with Gasteiger partial charge in [0.05, 0.1) is 12.6 Å². The van der Waals surface area contributed by atoms with E-state index in [4.69, 9.17) is 0 Å². The maximum absolute atomic E-state index is 9.23. The summed E-state index contributed by atoms with van der Waals surface area (Å²) in [4.78, 5) is 2.27. The lowest BCUT2D eigenvalue weighted by Crippen LogP contribution is -2.29. The van der Waals surface area contributed by atoms with E-state index < -0.39 is 0 Å². The van der Waals surface area contributed by atoms with Crippen molar-refractivity contribution in [3.63, 3.8) is 0 Å². The molecule has 2 atom stereocenters. The molecular weight excluding hydrogens is 150 g/mol. The van der Waals surface area contributed by atoms with Gasteiger partial charge in [-0.3, -0.25) is 4.90 Å². The number of rotatable bonds is 1. The lowest BCUT2D eigenvalue weighted by Gasteiger charge is -2.17. The molecule has 1 heterocycles. The molecule has 2 fully saturated rings. The van der Waals surface area contributed by atoms with Crippen LogP contribution in [0.1, 0.15) is 19.8 Å². The highest BCUT2D eigenvalue weighted by Gasteiger charge is 2.35. The van der Waals surface area contributed by atoms with Gasteiger partial charge in [0.25, 0.3) is 0 Å². The topological polar surface area (TPSA) is 23.5 Å². The Morgan fingerprint density at radius 1 is 1.50 bits per heavy atom. The highest BCUT2D eigenvalue weighted by atomic mass is 16.3. The number of hydrogen-bond acceptors (Lipinski definition) is 2. The zero-order valence-corrected chi connectivity index (χ0v) is 7.88. The van der Waals surface area contributed by atoms with E-state index in [0.717, 1.165) is 6.54 Å². The van der Waals surface area contributed by atoms with Gasteiger partial charge in [0, 0.05) is 6.54 Å². The summed E-state index contributed by atoms with van der Waals surface area (Å²) in [6.45, 7) is 3.68. The van der Waals surface area contributed by atoms with Crippen LogP contribution in [0.5, 0.6) is 0 Å². The summed E-state index contributed by atoms with van der Waals surface area (Å²) in [6, 6.07) is 0.331. The molecule has 1 N–H and O–H groups in total. The predicted octanol–water partition coefficient (Wildman–Crippen LogP) is 1.02. The summed E-state index contributed by atoms with van der Waals surface area (Å²) in [5.41, 5.74) is 3.16. The summed E-state index contributed by atoms with van der Waals surface area (Å²) in [6.07, 6.45) is 2.56. The molecule has 0 amide bonds. The summed E-state index contributed by atoms with van der Waals surface area (Å²) < 4.78 is 0. The van der Waals surface area contributed by atoms with Crippen molar-refractivity contribution < 1.29 is 5.11 Å². The maximum Gasteiger partial charge on any atom is 0.0625 e. The summed E-state index contributed by atoms with van der Waals surface area (Å²) in [5, 5.41) is 9.23. The van der Waals surface area contributed by atoms with Gasteiger partial charge in [-0.2, -0.15) is 0 Å². The molecular formula is C10H17NO. The van der Waals surface area contributed by atoms with Gasteiger partial charge in [-0.25, -0.2) is 0 Å². The fourth-order valence-electron chi connectivity index (χ4n) is 2.40. The van der Waals surface area contributed by atoms with Gasteiger partial charge in [-0.15, -0.1) is 0 Å². The van der Waals surface area contributed by atoms with E-state index in [0.29, 0.717) is 18.6 Å². The molecule has 1 saturated heterocycles. The van der Waals surface area contributed by atoms with Gasteiger partial charge in [-0.1, -0.05) is 12.5 Å². The SMILES string of the molecule is C[C@@H]1CN(C)C(CO)C1=C1CC1. The van der Waals surface area contributed by atoms with E-state index in [9.17, 15) is 5.11 Å². The largest absolute Gasteiger partial charge is 0.394 e. The van der Waals surface area contributed by atoms with Gasteiger partial charge in [0.15, 0.2) is 0 Å². The first-order chi connectivity index (χ1) is 5.74. The van der Waals surface area contributed by atoms with Crippen LogP contribution in [-0.4, -0.2) is 36.2 Å². The van der Waals surface area contributed by atoms with E-state index in [-0.39, 0.29) is 0 Å². The Labute approximate surface area is 73.9 Å². The molecule has 0 spiro atoms. The van der Waals surface area contributed by atoms with Crippen LogP contribution in [0.15, 0.2) is 11.1 Å². The van der Waals surface area contributed by atoms with Crippen molar-refractivity contribution in [1.29, 1.82) is 0 Å². The molecule has 0 radical (unpaired) electrons. The van der Waals surface area contributed by atoms with Crippen LogP contribution >= 0.6 is 0 Å². The first kappa shape index (κ1) is 8.27. The summed E-state index contributed by atoms with van der Waals surface area (Å²) in [7, 11) is 2.10. The van der Waals surface area contributed by atoms with Crippen LogP contribution in [0.2, 0.25) is 0 Å². The van der Waals surface area contributed by atoms with Gasteiger partial charge >= 0.3 is 0 Å². The van der Waals surface area contributed by atoms with Crippen molar-refractivity contribution in [3.05, 3.63) is 11.1 Å². The molecule has 1 unspecified atom stereocenters. The molecule has 0 aromatic rings. The highest BCUT2D eigenvalue weighted by molar-refractivity contribution is 5.33. The molecule has 0 aromatic carbocycles. The Hall–Kier alpha value is -0.340. The van der Waals surface area contributed by atoms with E-state index in [1.165, 1.54) is 12.8 Å². The summed E-state index contributed by atoms with van der Waals surface area (Å²) >= 11 is 0. The van der Waals surface area contributed by atoms with Crippen molar-refractivity contribution in [1.82, 2.24) is 4.90 Å². The van der Waals surface area contributed by atoms with Gasteiger partial charge in [-0.05, 0) is 31.4 Å². The van der Waals surface area contributed by atoms with Crippen LogP contribution in [0.3, 0.4) is 0 Å². The van der Waals surface area contributed by atoms with Gasteiger partial charge in [0.1, 0.15) is 0 Å². The smallest absolute Gasteiger partial charge is 0.0625 e. The Morgan fingerprint density at radius 2 is 2.17 bits per heavy atom. The van der Waals surface area contributed by atoms with Crippen LogP contribution in [0.25, 0.3) is 0 Å². The molecule has 2 aliphatic rings. The molecule has 2 heteroatoms. The molecule has 1 aliphatic carbocycles. The second kappa shape index (κ2) is 2.86. The summed E-state index contributed by atoms with van der Waals surface area (Å²) in [5.74, 6) is 0.671. The fourth-order valence-corrected chi connectivity index (χ4v) is 2.40. The Kier molecular flexibility index (Phi) is 1.97. The van der Waals surface area contributed by atoms with Gasteiger partial charge in [0.2, 0.25) is 0 Å². The van der Waals surface area contributed by atoms with Crippen LogP contribution in [-0.2, 0) is 0 Å². The standard InChI is InChI=1S/C10H17NO/c1-7-5-11(2)9(6-12)10(7)8-3-4-8/h7,9,12H,3-6H2,1-2H3/t7-,9?/m1/s1. The average molecular weight is 167 g/mol. The van der Waals surface area contributed by atoms with Crippen LogP contribution < -0.4 is 0 Å². The van der Waals surface area contributed by atoms with E-state index in [1.807, 2.05) is 0 Å². The predicted molar refractivity (Wildman–Crippen MR) is 48.9 cm³/mol. The monoisotopic (exact) mass is 167 g/mol. The third-order valence-electron chi connectivity index (χ3n) is 3.07. The molecule has 12 heavy (non-hydrogen) atoms. The van der Waals surface area contributed by atoms with Gasteiger partial charge < -0.3 is 5.11 Å². The third kappa shape index (κ3) is 1.19. The minimum Gasteiger partial charge on any atom is -0.394 e. The second-order valence-electron chi connectivity index (χ2n) is 4.10.